The first-order valence-electron chi connectivity index (χ1n) is 33.4. The van der Waals surface area contributed by atoms with Crippen LogP contribution in [0, 0.1) is 0 Å². The molecule has 452 valence electrons. The van der Waals surface area contributed by atoms with E-state index in [-0.39, 0.29) is 31.1 Å². The van der Waals surface area contributed by atoms with Gasteiger partial charge in [-0.25, -0.2) is 0 Å². The van der Waals surface area contributed by atoms with Crippen molar-refractivity contribution in [2.24, 2.45) is 0 Å². The van der Waals surface area contributed by atoms with Gasteiger partial charge < -0.3 is 14.2 Å². The maximum absolute atomic E-state index is 12.9. The van der Waals surface area contributed by atoms with Crippen molar-refractivity contribution in [1.29, 1.82) is 0 Å². The summed E-state index contributed by atoms with van der Waals surface area (Å²) in [5.41, 5.74) is 0. The number of rotatable bonds is 60. The molecule has 79 heavy (non-hydrogen) atoms. The molecule has 0 amide bonds. The molecule has 0 aliphatic rings. The highest BCUT2D eigenvalue weighted by Crippen LogP contribution is 2.17. The van der Waals surface area contributed by atoms with E-state index in [0.717, 1.165) is 128 Å². The van der Waals surface area contributed by atoms with Crippen LogP contribution in [-0.2, 0) is 28.6 Å². The van der Waals surface area contributed by atoms with Crippen molar-refractivity contribution in [3.63, 3.8) is 0 Å². The van der Waals surface area contributed by atoms with Crippen molar-refractivity contribution in [3.8, 4) is 0 Å². The maximum Gasteiger partial charge on any atom is 0.306 e. The summed E-state index contributed by atoms with van der Waals surface area (Å²) in [6, 6.07) is 0. The molecule has 0 fully saturated rings. The summed E-state index contributed by atoms with van der Waals surface area (Å²) in [7, 11) is 0. The number of carbonyl (C=O) groups is 3. The van der Waals surface area contributed by atoms with Gasteiger partial charge in [0.05, 0.1) is 0 Å². The van der Waals surface area contributed by atoms with Gasteiger partial charge in [-0.3, -0.25) is 14.4 Å². The maximum atomic E-state index is 12.9. The Morgan fingerprint density at radius 3 is 0.785 bits per heavy atom. The third-order valence-corrected chi connectivity index (χ3v) is 14.2. The lowest BCUT2D eigenvalue weighted by atomic mass is 10.0. The molecule has 0 aromatic rings. The topological polar surface area (TPSA) is 78.9 Å². The molecule has 0 bridgehead atoms. The zero-order valence-electron chi connectivity index (χ0n) is 51.9. The Bertz CT molecular complexity index is 1590. The van der Waals surface area contributed by atoms with E-state index >= 15 is 0 Å². The quantitative estimate of drug-likeness (QED) is 0.0261. The van der Waals surface area contributed by atoms with E-state index in [1.165, 1.54) is 148 Å². The Kier molecular flexibility index (Phi) is 63.3. The Morgan fingerprint density at radius 1 is 0.266 bits per heavy atom. The number of carbonyl (C=O) groups excluding carboxylic acids is 3. The van der Waals surface area contributed by atoms with Gasteiger partial charge in [-0.1, -0.05) is 284 Å². The summed E-state index contributed by atoms with van der Waals surface area (Å²) in [5, 5.41) is 0. The third kappa shape index (κ3) is 64.8. The smallest absolute Gasteiger partial charge is 0.306 e. The average molecular weight is 1100 g/mol. The van der Waals surface area contributed by atoms with Crippen LogP contribution in [0.5, 0.6) is 0 Å². The molecule has 6 nitrogen and oxygen atoms in total. The highest BCUT2D eigenvalue weighted by molar-refractivity contribution is 5.71. The van der Waals surface area contributed by atoms with Gasteiger partial charge in [0.25, 0.3) is 0 Å². The second-order valence-corrected chi connectivity index (χ2v) is 22.0. The average Bonchev–Trinajstić information content (AvgIpc) is 3.45. The Morgan fingerprint density at radius 2 is 0.494 bits per heavy atom. The highest BCUT2D eigenvalue weighted by Gasteiger charge is 2.19. The fourth-order valence-corrected chi connectivity index (χ4v) is 9.30. The van der Waals surface area contributed by atoms with E-state index in [1.54, 1.807) is 0 Å². The molecule has 0 saturated heterocycles. The number of ether oxygens (including phenoxy) is 3. The normalized spacial score (nSPS) is 12.8. The van der Waals surface area contributed by atoms with Crippen LogP contribution < -0.4 is 0 Å². The van der Waals surface area contributed by atoms with Gasteiger partial charge in [-0.05, 0) is 122 Å². The van der Waals surface area contributed by atoms with Crippen molar-refractivity contribution in [3.05, 3.63) is 109 Å². The first-order valence-corrected chi connectivity index (χ1v) is 33.4. The fourth-order valence-electron chi connectivity index (χ4n) is 9.30. The molecule has 0 rings (SSSR count). The molecule has 0 radical (unpaired) electrons. The lowest BCUT2D eigenvalue weighted by Gasteiger charge is -2.18. The molecule has 1 unspecified atom stereocenters. The lowest BCUT2D eigenvalue weighted by Crippen LogP contribution is -2.30. The van der Waals surface area contributed by atoms with E-state index in [2.05, 4.69) is 130 Å². The van der Waals surface area contributed by atoms with E-state index in [1.807, 2.05) is 0 Å². The molecule has 0 saturated carbocycles. The molecule has 1 atom stereocenters. The Labute approximate surface area is 489 Å². The van der Waals surface area contributed by atoms with Crippen LogP contribution in [0.2, 0.25) is 0 Å². The van der Waals surface area contributed by atoms with Gasteiger partial charge in [-0.2, -0.15) is 0 Å². The number of esters is 3. The Balaban J connectivity index is 4.27. The van der Waals surface area contributed by atoms with Crippen molar-refractivity contribution >= 4 is 17.9 Å². The van der Waals surface area contributed by atoms with Gasteiger partial charge in [0.2, 0.25) is 0 Å². The molecule has 0 aromatic heterocycles. The second-order valence-electron chi connectivity index (χ2n) is 22.0. The molecule has 0 aliphatic heterocycles. The summed E-state index contributed by atoms with van der Waals surface area (Å²) in [6.07, 6.45) is 91.1. The summed E-state index contributed by atoms with van der Waals surface area (Å²) < 4.78 is 16.9. The van der Waals surface area contributed by atoms with Crippen LogP contribution in [-0.4, -0.2) is 37.2 Å². The van der Waals surface area contributed by atoms with E-state index < -0.39 is 6.10 Å². The standard InChI is InChI=1S/C73H124O6/c1-4-7-10-13-16-19-22-25-27-29-31-32-33-34-35-36-37-38-39-40-42-43-45-48-51-54-57-60-63-66-72(75)78-69-70(68-77-71(74)65-62-59-56-53-50-47-24-21-18-15-12-9-6-3)79-73(76)67-64-61-58-55-52-49-46-44-41-30-28-26-23-20-17-14-11-8-5-2/h7-8,10-11,16-17,19-21,24-28,31-32,41,44,70H,4-6,9,12-15,18,22-23,29-30,33-40,42-43,45-69H2,1-3H3/b10-7-,11-8-,19-16-,20-17-,24-21-,27-25-,28-26-,32-31-,44-41-. The van der Waals surface area contributed by atoms with Crippen LogP contribution in [0.25, 0.3) is 0 Å². The predicted octanol–water partition coefficient (Wildman–Crippen LogP) is 23.0. The SMILES string of the molecule is CC/C=C\C/C=C\C/C=C\C/C=C\CCCCCCCCCCCCCCCCCCC(=O)OCC(COC(=O)CCCCCCC/C=C\CCCCCC)OC(=O)CCCCCCCC/C=C\C/C=C\C/C=C\C/C=C\CC. The van der Waals surface area contributed by atoms with Crippen LogP contribution >= 0.6 is 0 Å². The van der Waals surface area contributed by atoms with Crippen molar-refractivity contribution < 1.29 is 28.6 Å². The fraction of sp³-hybridized carbons (Fsp3) is 0.712. The predicted molar refractivity (Wildman–Crippen MR) is 343 cm³/mol. The molecule has 0 aliphatic carbocycles. The van der Waals surface area contributed by atoms with Crippen LogP contribution in [0.3, 0.4) is 0 Å². The number of hydrogen-bond donors (Lipinski definition) is 0. The second kappa shape index (κ2) is 66.6. The molecule has 0 aromatic carbocycles. The zero-order chi connectivity index (χ0) is 57.1. The van der Waals surface area contributed by atoms with Crippen molar-refractivity contribution in [2.75, 3.05) is 13.2 Å². The molecule has 6 heteroatoms. The summed E-state index contributed by atoms with van der Waals surface area (Å²) in [6.45, 7) is 6.41. The van der Waals surface area contributed by atoms with Crippen LogP contribution in [0.15, 0.2) is 109 Å². The minimum atomic E-state index is -0.791. The summed E-state index contributed by atoms with van der Waals surface area (Å²) >= 11 is 0. The van der Waals surface area contributed by atoms with E-state index in [0.29, 0.717) is 19.3 Å². The Hall–Kier alpha value is -3.93. The van der Waals surface area contributed by atoms with Crippen molar-refractivity contribution in [2.45, 2.75) is 322 Å². The molecule has 0 spiro atoms. The number of hydrogen-bond acceptors (Lipinski definition) is 6. The summed E-state index contributed by atoms with van der Waals surface area (Å²) in [5.74, 6) is -0.898. The molecule has 0 heterocycles. The van der Waals surface area contributed by atoms with Gasteiger partial charge in [0.1, 0.15) is 13.2 Å². The molecular weight excluding hydrogens is 973 g/mol. The summed E-state index contributed by atoms with van der Waals surface area (Å²) in [4.78, 5) is 38.3. The minimum absolute atomic E-state index is 0.0852. The van der Waals surface area contributed by atoms with Crippen LogP contribution in [0.1, 0.15) is 316 Å². The van der Waals surface area contributed by atoms with Crippen LogP contribution in [0.4, 0.5) is 0 Å². The zero-order valence-corrected chi connectivity index (χ0v) is 51.9. The number of unbranched alkanes of at least 4 members (excludes halogenated alkanes) is 31. The highest BCUT2D eigenvalue weighted by atomic mass is 16.6. The monoisotopic (exact) mass is 1100 g/mol. The molecular formula is C73H124O6. The largest absolute Gasteiger partial charge is 0.462 e. The van der Waals surface area contributed by atoms with E-state index in [9.17, 15) is 14.4 Å². The lowest BCUT2D eigenvalue weighted by molar-refractivity contribution is -0.167. The first kappa shape index (κ1) is 75.1. The van der Waals surface area contributed by atoms with Crippen molar-refractivity contribution in [1.82, 2.24) is 0 Å². The third-order valence-electron chi connectivity index (χ3n) is 14.2. The van der Waals surface area contributed by atoms with Gasteiger partial charge in [-0.15, -0.1) is 0 Å². The van der Waals surface area contributed by atoms with E-state index in [4.69, 9.17) is 14.2 Å². The van der Waals surface area contributed by atoms with Gasteiger partial charge in [0.15, 0.2) is 6.10 Å². The van der Waals surface area contributed by atoms with Gasteiger partial charge in [0, 0.05) is 19.3 Å². The first-order chi connectivity index (χ1) is 39.0. The number of allylic oxidation sites excluding steroid dienone is 18. The minimum Gasteiger partial charge on any atom is -0.462 e. The van der Waals surface area contributed by atoms with Gasteiger partial charge >= 0.3 is 17.9 Å². The molecule has 0 N–H and O–H groups in total.